The standard InChI is InChI=1S/C27H34O4/c1-6-7-8-9-21(25(30)31-20-13-10-18(11-14-20)24(28)29)19-12-15-22-23(16-19)27(4,5)17-26(22,2)3/h10-16,21H,6-9,17H2,1-5H3,(H,28,29). The topological polar surface area (TPSA) is 63.6 Å². The number of benzene rings is 2. The lowest BCUT2D eigenvalue weighted by molar-refractivity contribution is -0.136. The van der Waals surface area contributed by atoms with Crippen molar-refractivity contribution in [3.05, 3.63) is 64.7 Å². The zero-order chi connectivity index (χ0) is 22.8. The summed E-state index contributed by atoms with van der Waals surface area (Å²) in [6, 6.07) is 12.5. The van der Waals surface area contributed by atoms with Crippen molar-refractivity contribution in [3.63, 3.8) is 0 Å². The Morgan fingerprint density at radius 1 is 0.968 bits per heavy atom. The van der Waals surface area contributed by atoms with E-state index < -0.39 is 5.97 Å². The summed E-state index contributed by atoms with van der Waals surface area (Å²) >= 11 is 0. The summed E-state index contributed by atoms with van der Waals surface area (Å²) in [7, 11) is 0. The molecule has 1 aliphatic rings. The van der Waals surface area contributed by atoms with Gasteiger partial charge in [0, 0.05) is 0 Å². The highest BCUT2D eigenvalue weighted by Crippen LogP contribution is 2.50. The van der Waals surface area contributed by atoms with Gasteiger partial charge in [-0.25, -0.2) is 4.79 Å². The highest BCUT2D eigenvalue weighted by atomic mass is 16.5. The molecule has 1 atom stereocenters. The predicted octanol–water partition coefficient (Wildman–Crippen LogP) is 6.61. The smallest absolute Gasteiger partial charge is 0.335 e. The van der Waals surface area contributed by atoms with E-state index in [2.05, 4.69) is 52.8 Å². The summed E-state index contributed by atoms with van der Waals surface area (Å²) in [4.78, 5) is 24.2. The number of carboxylic acid groups (broad SMARTS) is 1. The number of carbonyl (C=O) groups is 2. The molecule has 1 unspecified atom stereocenters. The van der Waals surface area contributed by atoms with Gasteiger partial charge < -0.3 is 9.84 Å². The number of carboxylic acids is 1. The number of hydrogen-bond acceptors (Lipinski definition) is 3. The lowest BCUT2D eigenvalue weighted by Gasteiger charge is -2.23. The molecule has 3 rings (SSSR count). The summed E-state index contributed by atoms with van der Waals surface area (Å²) in [5.74, 6) is -1.25. The van der Waals surface area contributed by atoms with E-state index in [1.165, 1.54) is 23.3 Å². The van der Waals surface area contributed by atoms with E-state index in [1.54, 1.807) is 12.1 Å². The van der Waals surface area contributed by atoms with E-state index in [4.69, 9.17) is 9.84 Å². The predicted molar refractivity (Wildman–Crippen MR) is 123 cm³/mol. The Hall–Kier alpha value is -2.62. The number of hydrogen-bond donors (Lipinski definition) is 1. The number of fused-ring (bicyclic) bond motifs is 1. The molecule has 31 heavy (non-hydrogen) atoms. The van der Waals surface area contributed by atoms with E-state index in [-0.39, 0.29) is 28.3 Å². The lowest BCUT2D eigenvalue weighted by atomic mass is 9.81. The van der Waals surface area contributed by atoms with Gasteiger partial charge in [0.05, 0.1) is 11.5 Å². The second-order valence-corrected chi connectivity index (χ2v) is 10.0. The third-order valence-corrected chi connectivity index (χ3v) is 6.49. The van der Waals surface area contributed by atoms with Crippen LogP contribution in [0.1, 0.15) is 99.7 Å². The van der Waals surface area contributed by atoms with Crippen LogP contribution in [0.2, 0.25) is 0 Å². The summed E-state index contributed by atoms with van der Waals surface area (Å²) < 4.78 is 5.68. The van der Waals surface area contributed by atoms with E-state index >= 15 is 0 Å². The van der Waals surface area contributed by atoms with Crippen LogP contribution in [-0.2, 0) is 15.6 Å². The Kier molecular flexibility index (Phi) is 6.59. The fraction of sp³-hybridized carbons (Fsp3) is 0.481. The second kappa shape index (κ2) is 8.86. The van der Waals surface area contributed by atoms with Crippen molar-refractivity contribution in [1.82, 2.24) is 0 Å². The van der Waals surface area contributed by atoms with E-state index in [0.29, 0.717) is 5.75 Å². The second-order valence-electron chi connectivity index (χ2n) is 10.0. The largest absolute Gasteiger partial charge is 0.478 e. The average molecular weight is 423 g/mol. The molecule has 0 fully saturated rings. The van der Waals surface area contributed by atoms with Gasteiger partial charge in [-0.15, -0.1) is 0 Å². The van der Waals surface area contributed by atoms with E-state index in [0.717, 1.165) is 37.7 Å². The zero-order valence-electron chi connectivity index (χ0n) is 19.3. The molecule has 0 heterocycles. The molecule has 0 spiro atoms. The normalized spacial score (nSPS) is 17.1. The molecule has 0 aromatic heterocycles. The van der Waals surface area contributed by atoms with Gasteiger partial charge in [0.25, 0.3) is 0 Å². The molecule has 166 valence electrons. The minimum absolute atomic E-state index is 0.0688. The summed E-state index contributed by atoms with van der Waals surface area (Å²) in [5, 5.41) is 9.06. The number of unbranched alkanes of at least 4 members (excludes halogenated alkanes) is 2. The highest BCUT2D eigenvalue weighted by Gasteiger charge is 2.42. The van der Waals surface area contributed by atoms with Crippen molar-refractivity contribution in [1.29, 1.82) is 0 Å². The first-order valence-electron chi connectivity index (χ1n) is 11.2. The Balaban J connectivity index is 1.89. The molecular formula is C27H34O4. The van der Waals surface area contributed by atoms with Gasteiger partial charge >= 0.3 is 11.9 Å². The Labute approximate surface area is 185 Å². The first kappa shape index (κ1) is 23.1. The molecule has 4 nitrogen and oxygen atoms in total. The number of carbonyl (C=O) groups excluding carboxylic acids is 1. The maximum absolute atomic E-state index is 13.2. The number of ether oxygens (including phenoxy) is 1. The zero-order valence-corrected chi connectivity index (χ0v) is 19.3. The van der Waals surface area contributed by atoms with Crippen molar-refractivity contribution in [2.24, 2.45) is 0 Å². The van der Waals surface area contributed by atoms with Crippen molar-refractivity contribution >= 4 is 11.9 Å². The van der Waals surface area contributed by atoms with Gasteiger partial charge in [0.2, 0.25) is 0 Å². The Morgan fingerprint density at radius 3 is 2.23 bits per heavy atom. The minimum Gasteiger partial charge on any atom is -0.478 e. The molecule has 2 aromatic carbocycles. The Morgan fingerprint density at radius 2 is 1.61 bits per heavy atom. The molecule has 4 heteroatoms. The fourth-order valence-corrected chi connectivity index (χ4v) is 5.10. The first-order chi connectivity index (χ1) is 14.5. The molecule has 0 saturated carbocycles. The number of rotatable bonds is 8. The molecule has 0 amide bonds. The Bertz CT molecular complexity index is 954. The van der Waals surface area contributed by atoms with Gasteiger partial charge in [-0.3, -0.25) is 4.79 Å². The SMILES string of the molecule is CCCCCC(C(=O)Oc1ccc(C(=O)O)cc1)c1ccc2c(c1)C(C)(C)CC2(C)C. The van der Waals surface area contributed by atoms with Crippen LogP contribution in [0.15, 0.2) is 42.5 Å². The quantitative estimate of drug-likeness (QED) is 0.295. The van der Waals surface area contributed by atoms with Gasteiger partial charge in [-0.1, -0.05) is 72.1 Å². The molecular weight excluding hydrogens is 388 g/mol. The number of aromatic carboxylic acids is 1. The molecule has 2 aromatic rings. The van der Waals surface area contributed by atoms with Gasteiger partial charge in [0.1, 0.15) is 5.75 Å². The summed E-state index contributed by atoms with van der Waals surface area (Å²) in [5.41, 5.74) is 4.07. The molecule has 0 bridgehead atoms. The molecule has 1 aliphatic carbocycles. The van der Waals surface area contributed by atoms with Crippen LogP contribution < -0.4 is 4.74 Å². The lowest BCUT2D eigenvalue weighted by Crippen LogP contribution is -2.20. The average Bonchev–Trinajstić information content (AvgIpc) is 2.89. The van der Waals surface area contributed by atoms with Crippen molar-refractivity contribution in [2.75, 3.05) is 0 Å². The first-order valence-corrected chi connectivity index (χ1v) is 11.2. The van der Waals surface area contributed by atoms with E-state index in [9.17, 15) is 9.59 Å². The maximum Gasteiger partial charge on any atom is 0.335 e. The van der Waals surface area contributed by atoms with Gasteiger partial charge in [-0.05, 0) is 64.6 Å². The van der Waals surface area contributed by atoms with Crippen LogP contribution >= 0.6 is 0 Å². The molecule has 0 saturated heterocycles. The third kappa shape index (κ3) is 5.00. The van der Waals surface area contributed by atoms with Gasteiger partial charge in [0.15, 0.2) is 0 Å². The van der Waals surface area contributed by atoms with Crippen LogP contribution in [-0.4, -0.2) is 17.0 Å². The number of esters is 1. The van der Waals surface area contributed by atoms with Gasteiger partial charge in [-0.2, -0.15) is 0 Å². The van der Waals surface area contributed by atoms with E-state index in [1.807, 2.05) is 0 Å². The molecule has 0 aliphatic heterocycles. The molecule has 1 N–H and O–H groups in total. The van der Waals surface area contributed by atoms with Crippen LogP contribution in [0.3, 0.4) is 0 Å². The van der Waals surface area contributed by atoms with Crippen LogP contribution in [0.5, 0.6) is 5.75 Å². The summed E-state index contributed by atoms with van der Waals surface area (Å²) in [6.45, 7) is 11.3. The van der Waals surface area contributed by atoms with Crippen LogP contribution in [0.25, 0.3) is 0 Å². The fourth-order valence-electron chi connectivity index (χ4n) is 5.10. The van der Waals surface area contributed by atoms with Crippen molar-refractivity contribution in [2.45, 2.75) is 83.5 Å². The van der Waals surface area contributed by atoms with Crippen LogP contribution in [0.4, 0.5) is 0 Å². The highest BCUT2D eigenvalue weighted by molar-refractivity contribution is 5.88. The maximum atomic E-state index is 13.2. The monoisotopic (exact) mass is 422 g/mol. The third-order valence-electron chi connectivity index (χ3n) is 6.49. The van der Waals surface area contributed by atoms with Crippen LogP contribution in [0, 0.1) is 0 Å². The minimum atomic E-state index is -1.00. The molecule has 0 radical (unpaired) electrons. The summed E-state index contributed by atoms with van der Waals surface area (Å²) in [6.07, 6.45) is 4.94. The van der Waals surface area contributed by atoms with Crippen molar-refractivity contribution < 1.29 is 19.4 Å². The van der Waals surface area contributed by atoms with Crippen molar-refractivity contribution in [3.8, 4) is 5.75 Å².